The average molecular weight is 357 g/mol. The van der Waals surface area contributed by atoms with E-state index in [1.54, 1.807) is 6.92 Å². The predicted octanol–water partition coefficient (Wildman–Crippen LogP) is 5.98. The summed E-state index contributed by atoms with van der Waals surface area (Å²) >= 11 is 0. The van der Waals surface area contributed by atoms with Crippen LogP contribution in [0.25, 0.3) is 0 Å². The van der Waals surface area contributed by atoms with E-state index in [2.05, 4.69) is 30.9 Å². The zero-order valence-electron chi connectivity index (χ0n) is 16.7. The van der Waals surface area contributed by atoms with Crippen LogP contribution in [0.2, 0.25) is 0 Å². The van der Waals surface area contributed by atoms with Crippen LogP contribution in [0, 0.1) is 11.8 Å². The van der Waals surface area contributed by atoms with E-state index in [-0.39, 0.29) is 12.3 Å². The monoisotopic (exact) mass is 356 g/mol. The van der Waals surface area contributed by atoms with Gasteiger partial charge in [-0.15, -0.1) is 5.92 Å². The number of benzene rings is 1. The van der Waals surface area contributed by atoms with E-state index in [1.807, 2.05) is 51.1 Å². The summed E-state index contributed by atoms with van der Waals surface area (Å²) in [5.74, 6) is 5.38. The molecule has 0 radical (unpaired) electrons. The third-order valence-electron chi connectivity index (χ3n) is 3.54. The van der Waals surface area contributed by atoms with E-state index in [1.165, 1.54) is 0 Å². The second kappa shape index (κ2) is 14.8. The molecule has 1 aromatic rings. The van der Waals surface area contributed by atoms with Crippen molar-refractivity contribution in [3.8, 4) is 17.6 Å². The molecule has 0 heterocycles. The Hall–Kier alpha value is -2.47. The highest BCUT2D eigenvalue weighted by Crippen LogP contribution is 2.22. The summed E-state index contributed by atoms with van der Waals surface area (Å²) in [6.07, 6.45) is 8.50. The maximum absolute atomic E-state index is 10.9. The number of carboxylic acid groups (broad SMARTS) is 1. The van der Waals surface area contributed by atoms with Crippen LogP contribution in [-0.2, 0) is 4.79 Å². The second-order valence-corrected chi connectivity index (χ2v) is 5.46. The lowest BCUT2D eigenvalue weighted by atomic mass is 9.96. The third kappa shape index (κ3) is 9.74. The Morgan fingerprint density at radius 2 is 1.92 bits per heavy atom. The molecular weight excluding hydrogens is 324 g/mol. The van der Waals surface area contributed by atoms with Gasteiger partial charge in [0.2, 0.25) is 0 Å². The fourth-order valence-electron chi connectivity index (χ4n) is 2.19. The van der Waals surface area contributed by atoms with Crippen molar-refractivity contribution in [2.45, 2.75) is 59.8 Å². The van der Waals surface area contributed by atoms with Crippen molar-refractivity contribution in [3.05, 3.63) is 53.6 Å². The highest BCUT2D eigenvalue weighted by molar-refractivity contribution is 5.69. The number of carboxylic acids is 1. The van der Waals surface area contributed by atoms with Gasteiger partial charge < -0.3 is 9.84 Å². The molecule has 0 bridgehead atoms. The molecule has 0 aliphatic heterocycles. The molecule has 0 fully saturated rings. The number of unbranched alkanes of at least 4 members (excludes halogenated alkanes) is 1. The Bertz CT molecular complexity index is 628. The van der Waals surface area contributed by atoms with E-state index in [0.717, 1.165) is 29.7 Å². The first-order valence-electron chi connectivity index (χ1n) is 9.29. The van der Waals surface area contributed by atoms with Crippen LogP contribution in [0.3, 0.4) is 0 Å². The molecule has 3 heteroatoms. The molecule has 1 aromatic carbocycles. The van der Waals surface area contributed by atoms with Crippen molar-refractivity contribution in [1.29, 1.82) is 0 Å². The zero-order valence-corrected chi connectivity index (χ0v) is 16.7. The zero-order chi connectivity index (χ0) is 19.8. The van der Waals surface area contributed by atoms with Crippen LogP contribution in [0.4, 0.5) is 0 Å². The molecule has 0 aliphatic carbocycles. The van der Waals surface area contributed by atoms with Crippen LogP contribution >= 0.6 is 0 Å². The molecule has 0 aliphatic rings. The number of allylic oxidation sites excluding steroid dienone is 2. The van der Waals surface area contributed by atoms with Gasteiger partial charge >= 0.3 is 5.97 Å². The molecular formula is C23H32O3. The van der Waals surface area contributed by atoms with Gasteiger partial charge in [-0.1, -0.05) is 63.5 Å². The van der Waals surface area contributed by atoms with E-state index in [0.29, 0.717) is 6.61 Å². The molecule has 26 heavy (non-hydrogen) atoms. The Kier molecular flexibility index (Phi) is 13.4. The number of rotatable bonds is 9. The normalized spacial score (nSPS) is 11.8. The predicted molar refractivity (Wildman–Crippen MR) is 110 cm³/mol. The SMILES string of the molecule is CC.CC#CC(CC(=O)O)c1ccc(OCC(/C=C\CCC)=C/C)cc1. The maximum Gasteiger partial charge on any atom is 0.304 e. The quantitative estimate of drug-likeness (QED) is 0.437. The fraction of sp³-hybridized carbons (Fsp3) is 0.435. The number of hydrogen-bond donors (Lipinski definition) is 1. The lowest BCUT2D eigenvalue weighted by molar-refractivity contribution is -0.137. The van der Waals surface area contributed by atoms with Crippen LogP contribution in [-0.4, -0.2) is 17.7 Å². The van der Waals surface area contributed by atoms with Gasteiger partial charge in [-0.2, -0.15) is 0 Å². The lowest BCUT2D eigenvalue weighted by Gasteiger charge is -2.11. The smallest absolute Gasteiger partial charge is 0.304 e. The van der Waals surface area contributed by atoms with E-state index in [4.69, 9.17) is 9.84 Å². The number of carbonyl (C=O) groups is 1. The highest BCUT2D eigenvalue weighted by atomic mass is 16.5. The minimum absolute atomic E-state index is 0.00594. The van der Waals surface area contributed by atoms with E-state index < -0.39 is 5.97 Å². The first kappa shape index (κ1) is 23.5. The van der Waals surface area contributed by atoms with Crippen LogP contribution in [0.1, 0.15) is 65.4 Å². The summed E-state index contributed by atoms with van der Waals surface area (Å²) in [7, 11) is 0. The fourth-order valence-corrected chi connectivity index (χ4v) is 2.19. The summed E-state index contributed by atoms with van der Waals surface area (Å²) in [6, 6.07) is 7.50. The van der Waals surface area contributed by atoms with Crippen molar-refractivity contribution in [2.75, 3.05) is 6.61 Å². The summed E-state index contributed by atoms with van der Waals surface area (Å²) < 4.78 is 5.79. The average Bonchev–Trinajstić information content (AvgIpc) is 2.66. The molecule has 1 N–H and O–H groups in total. The first-order valence-corrected chi connectivity index (χ1v) is 9.29. The Morgan fingerprint density at radius 3 is 2.42 bits per heavy atom. The highest BCUT2D eigenvalue weighted by Gasteiger charge is 2.13. The van der Waals surface area contributed by atoms with Gasteiger partial charge in [0.05, 0.1) is 12.3 Å². The minimum atomic E-state index is -0.848. The van der Waals surface area contributed by atoms with Crippen molar-refractivity contribution in [1.82, 2.24) is 0 Å². The van der Waals surface area contributed by atoms with Gasteiger partial charge in [0.15, 0.2) is 0 Å². The van der Waals surface area contributed by atoms with Crippen LogP contribution in [0.5, 0.6) is 5.75 Å². The minimum Gasteiger partial charge on any atom is -0.489 e. The summed E-state index contributed by atoms with van der Waals surface area (Å²) in [5.41, 5.74) is 2.03. The molecule has 0 aromatic heterocycles. The summed E-state index contributed by atoms with van der Waals surface area (Å²) in [4.78, 5) is 10.9. The molecule has 0 saturated heterocycles. The Morgan fingerprint density at radius 1 is 1.27 bits per heavy atom. The van der Waals surface area contributed by atoms with Crippen molar-refractivity contribution in [3.63, 3.8) is 0 Å². The molecule has 1 rings (SSSR count). The van der Waals surface area contributed by atoms with Gasteiger partial charge in [0, 0.05) is 0 Å². The Labute approximate surface area is 158 Å². The van der Waals surface area contributed by atoms with E-state index in [9.17, 15) is 4.79 Å². The van der Waals surface area contributed by atoms with Gasteiger partial charge in [-0.3, -0.25) is 4.79 Å². The van der Waals surface area contributed by atoms with Crippen molar-refractivity contribution >= 4 is 5.97 Å². The standard InChI is InChI=1S/C21H26O3.C2H6/c1-4-7-8-10-17(6-3)16-24-20-13-11-18(12-14-20)19(9-5-2)15-21(22)23;1-2/h6,8,10-14,19H,4,7,15-16H2,1-3H3,(H,22,23);1-2H3/b10-8-,17-6+;. The van der Waals surface area contributed by atoms with Crippen LogP contribution in [0.15, 0.2) is 48.1 Å². The second-order valence-electron chi connectivity index (χ2n) is 5.46. The molecule has 0 amide bonds. The maximum atomic E-state index is 10.9. The molecule has 0 spiro atoms. The molecule has 0 saturated carbocycles. The number of aliphatic carboxylic acids is 1. The third-order valence-corrected chi connectivity index (χ3v) is 3.54. The number of hydrogen-bond acceptors (Lipinski definition) is 2. The van der Waals surface area contributed by atoms with Gasteiger partial charge in [-0.05, 0) is 43.5 Å². The summed E-state index contributed by atoms with van der Waals surface area (Å²) in [5, 5.41) is 8.98. The molecule has 1 atom stereocenters. The van der Waals surface area contributed by atoms with E-state index >= 15 is 0 Å². The van der Waals surface area contributed by atoms with Crippen LogP contribution < -0.4 is 4.74 Å². The molecule has 1 unspecified atom stereocenters. The molecule has 3 nitrogen and oxygen atoms in total. The van der Waals surface area contributed by atoms with Crippen molar-refractivity contribution < 1.29 is 14.6 Å². The van der Waals surface area contributed by atoms with Gasteiger partial charge in [-0.25, -0.2) is 0 Å². The van der Waals surface area contributed by atoms with Gasteiger partial charge in [0.25, 0.3) is 0 Å². The lowest BCUT2D eigenvalue weighted by Crippen LogP contribution is -2.05. The largest absolute Gasteiger partial charge is 0.489 e. The first-order chi connectivity index (χ1) is 12.6. The van der Waals surface area contributed by atoms with Gasteiger partial charge in [0.1, 0.15) is 12.4 Å². The Balaban J connectivity index is 0.00000301. The number of ether oxygens (including phenoxy) is 1. The topological polar surface area (TPSA) is 46.5 Å². The summed E-state index contributed by atoms with van der Waals surface area (Å²) in [6.45, 7) is 10.4. The molecule has 142 valence electrons. The van der Waals surface area contributed by atoms with Crippen molar-refractivity contribution in [2.24, 2.45) is 0 Å².